The van der Waals surface area contributed by atoms with E-state index >= 15 is 0 Å². The van der Waals surface area contributed by atoms with E-state index in [-0.39, 0.29) is 18.4 Å². The number of carboxylic acid groups (broad SMARTS) is 1. The Kier molecular flexibility index (Phi) is 8.34. The number of carbonyl (C=O) groups is 3. The van der Waals surface area contributed by atoms with Crippen LogP contribution in [0.5, 0.6) is 5.75 Å². The first kappa shape index (κ1) is 25.7. The minimum atomic E-state index is -1.12. The quantitative estimate of drug-likeness (QED) is 0.365. The van der Waals surface area contributed by atoms with Crippen molar-refractivity contribution in [2.75, 3.05) is 55.9 Å². The van der Waals surface area contributed by atoms with Crippen molar-refractivity contribution in [3.05, 3.63) is 72.3 Å². The number of benzene rings is 3. The third-order valence-corrected chi connectivity index (χ3v) is 5.82. The molecule has 3 aromatic carbocycles. The van der Waals surface area contributed by atoms with Crippen molar-refractivity contribution in [2.24, 2.45) is 0 Å². The SMILES string of the molecule is COc1ccc(NC(=O)c2ccc(-c3ccc(NC(=O)O)cc3)cc2)cc1NC(=O)CN1CCOCC1. The lowest BCUT2D eigenvalue weighted by Crippen LogP contribution is -2.41. The van der Waals surface area contributed by atoms with Crippen LogP contribution in [-0.2, 0) is 9.53 Å². The van der Waals surface area contributed by atoms with Crippen molar-refractivity contribution < 1.29 is 29.0 Å². The highest BCUT2D eigenvalue weighted by molar-refractivity contribution is 6.05. The van der Waals surface area contributed by atoms with Gasteiger partial charge in [0.15, 0.2) is 0 Å². The molecule has 0 bridgehead atoms. The number of amides is 3. The predicted octanol–water partition coefficient (Wildman–Crippen LogP) is 3.98. The summed E-state index contributed by atoms with van der Waals surface area (Å²) in [4.78, 5) is 38.2. The molecule has 4 N–H and O–H groups in total. The van der Waals surface area contributed by atoms with E-state index in [1.165, 1.54) is 7.11 Å². The molecule has 0 atom stereocenters. The van der Waals surface area contributed by atoms with Gasteiger partial charge < -0.3 is 25.2 Å². The van der Waals surface area contributed by atoms with Crippen LogP contribution in [0.15, 0.2) is 66.7 Å². The zero-order valence-electron chi connectivity index (χ0n) is 20.3. The molecule has 1 aliphatic heterocycles. The number of hydrogen-bond acceptors (Lipinski definition) is 6. The number of hydrogen-bond donors (Lipinski definition) is 4. The highest BCUT2D eigenvalue weighted by atomic mass is 16.5. The van der Waals surface area contributed by atoms with Gasteiger partial charge in [-0.25, -0.2) is 4.79 Å². The van der Waals surface area contributed by atoms with Crippen LogP contribution in [0.3, 0.4) is 0 Å². The summed E-state index contributed by atoms with van der Waals surface area (Å²) in [7, 11) is 1.52. The van der Waals surface area contributed by atoms with Crippen molar-refractivity contribution in [1.82, 2.24) is 4.90 Å². The van der Waals surface area contributed by atoms with Crippen LogP contribution in [0.25, 0.3) is 11.1 Å². The molecule has 0 spiro atoms. The Morgan fingerprint density at radius 3 is 2.11 bits per heavy atom. The monoisotopic (exact) mass is 504 g/mol. The lowest BCUT2D eigenvalue weighted by atomic mass is 10.0. The van der Waals surface area contributed by atoms with E-state index in [1.54, 1.807) is 54.6 Å². The molecule has 0 aromatic heterocycles. The van der Waals surface area contributed by atoms with E-state index in [0.717, 1.165) is 11.1 Å². The van der Waals surface area contributed by atoms with Crippen LogP contribution in [-0.4, -0.2) is 67.9 Å². The second kappa shape index (κ2) is 12.0. The first-order chi connectivity index (χ1) is 17.9. The van der Waals surface area contributed by atoms with E-state index in [2.05, 4.69) is 16.0 Å². The van der Waals surface area contributed by atoms with Crippen molar-refractivity contribution in [1.29, 1.82) is 0 Å². The fraction of sp³-hybridized carbons (Fsp3) is 0.222. The summed E-state index contributed by atoms with van der Waals surface area (Å²) in [6.07, 6.45) is -1.12. The molecule has 0 saturated carbocycles. The van der Waals surface area contributed by atoms with E-state index in [1.807, 2.05) is 17.0 Å². The fourth-order valence-electron chi connectivity index (χ4n) is 3.92. The van der Waals surface area contributed by atoms with Crippen molar-refractivity contribution >= 4 is 35.0 Å². The molecular formula is C27H28N4O6. The van der Waals surface area contributed by atoms with Crippen LogP contribution in [0.2, 0.25) is 0 Å². The summed E-state index contributed by atoms with van der Waals surface area (Å²) in [5.41, 5.74) is 3.68. The number of methoxy groups -OCH3 is 1. The third kappa shape index (κ3) is 7.06. The Morgan fingerprint density at radius 1 is 0.865 bits per heavy atom. The molecule has 3 aromatic rings. The largest absolute Gasteiger partial charge is 0.495 e. The van der Waals surface area contributed by atoms with Crippen LogP contribution in [0, 0.1) is 0 Å². The summed E-state index contributed by atoms with van der Waals surface area (Å²) < 4.78 is 10.7. The molecule has 1 saturated heterocycles. The number of rotatable bonds is 8. The highest BCUT2D eigenvalue weighted by Crippen LogP contribution is 2.28. The zero-order valence-corrected chi connectivity index (χ0v) is 20.3. The number of nitrogens with zero attached hydrogens (tertiary/aromatic N) is 1. The molecule has 0 radical (unpaired) electrons. The lowest BCUT2D eigenvalue weighted by molar-refractivity contribution is -0.118. The van der Waals surface area contributed by atoms with Crippen molar-refractivity contribution in [3.63, 3.8) is 0 Å². The van der Waals surface area contributed by atoms with Gasteiger partial charge in [0.25, 0.3) is 5.91 Å². The molecule has 0 aliphatic carbocycles. The van der Waals surface area contributed by atoms with E-state index in [4.69, 9.17) is 14.6 Å². The molecule has 1 aliphatic rings. The number of morpholine rings is 1. The third-order valence-electron chi connectivity index (χ3n) is 5.82. The summed E-state index contributed by atoms with van der Waals surface area (Å²) in [6, 6.07) is 19.1. The Morgan fingerprint density at radius 2 is 1.49 bits per heavy atom. The maximum Gasteiger partial charge on any atom is 0.409 e. The van der Waals surface area contributed by atoms with Gasteiger partial charge in [-0.1, -0.05) is 24.3 Å². The van der Waals surface area contributed by atoms with Crippen LogP contribution < -0.4 is 20.7 Å². The number of ether oxygens (including phenoxy) is 2. The van der Waals surface area contributed by atoms with Gasteiger partial charge >= 0.3 is 6.09 Å². The lowest BCUT2D eigenvalue weighted by Gasteiger charge is -2.26. The van der Waals surface area contributed by atoms with Crippen LogP contribution in [0.1, 0.15) is 10.4 Å². The molecule has 4 rings (SSSR count). The topological polar surface area (TPSA) is 129 Å². The summed E-state index contributed by atoms with van der Waals surface area (Å²) in [5, 5.41) is 16.8. The minimum Gasteiger partial charge on any atom is -0.495 e. The zero-order chi connectivity index (χ0) is 26.2. The Bertz CT molecular complexity index is 1250. The molecule has 1 heterocycles. The van der Waals surface area contributed by atoms with Crippen molar-refractivity contribution in [3.8, 4) is 16.9 Å². The smallest absolute Gasteiger partial charge is 0.409 e. The van der Waals surface area contributed by atoms with Gasteiger partial charge in [0.1, 0.15) is 5.75 Å². The van der Waals surface area contributed by atoms with E-state index < -0.39 is 6.09 Å². The van der Waals surface area contributed by atoms with Gasteiger partial charge in [0.2, 0.25) is 5.91 Å². The molecule has 37 heavy (non-hydrogen) atoms. The van der Waals surface area contributed by atoms with Gasteiger partial charge in [-0.15, -0.1) is 0 Å². The van der Waals surface area contributed by atoms with Gasteiger partial charge in [-0.3, -0.25) is 19.8 Å². The normalized spacial score (nSPS) is 13.4. The number of anilines is 3. The van der Waals surface area contributed by atoms with E-state index in [9.17, 15) is 14.4 Å². The molecule has 1 fully saturated rings. The maximum absolute atomic E-state index is 12.8. The minimum absolute atomic E-state index is 0.175. The summed E-state index contributed by atoms with van der Waals surface area (Å²) in [5.74, 6) is 0.0107. The Hall–Kier alpha value is -4.41. The predicted molar refractivity (Wildman–Crippen MR) is 140 cm³/mol. The van der Waals surface area contributed by atoms with Gasteiger partial charge in [-0.05, 0) is 53.6 Å². The fourth-order valence-corrected chi connectivity index (χ4v) is 3.92. The first-order valence-electron chi connectivity index (χ1n) is 11.7. The van der Waals surface area contributed by atoms with Crippen LogP contribution in [0.4, 0.5) is 21.9 Å². The second-order valence-corrected chi connectivity index (χ2v) is 8.39. The molecule has 0 unspecified atom stereocenters. The maximum atomic E-state index is 12.8. The standard InChI is InChI=1S/C27H28N4O6/c1-36-24-11-10-22(16-23(24)30-25(32)17-31-12-14-37-15-13-31)28-26(33)20-4-2-18(3-5-20)19-6-8-21(9-7-19)29-27(34)35/h2-11,16,29H,12-15,17H2,1H3,(H,28,33)(H,30,32)(H,34,35). The van der Waals surface area contributed by atoms with Gasteiger partial charge in [0, 0.05) is 30.0 Å². The summed E-state index contributed by atoms with van der Waals surface area (Å²) in [6.45, 7) is 2.86. The molecule has 10 heteroatoms. The average molecular weight is 505 g/mol. The second-order valence-electron chi connectivity index (χ2n) is 8.39. The van der Waals surface area contributed by atoms with Gasteiger partial charge in [0.05, 0.1) is 32.6 Å². The van der Waals surface area contributed by atoms with Crippen LogP contribution >= 0.6 is 0 Å². The Balaban J connectivity index is 1.40. The summed E-state index contributed by atoms with van der Waals surface area (Å²) >= 11 is 0. The number of carbonyl (C=O) groups excluding carboxylic acids is 2. The highest BCUT2D eigenvalue weighted by Gasteiger charge is 2.16. The molecule has 3 amide bonds. The molecule has 10 nitrogen and oxygen atoms in total. The first-order valence-corrected chi connectivity index (χ1v) is 11.7. The molecular weight excluding hydrogens is 476 g/mol. The average Bonchev–Trinajstić information content (AvgIpc) is 2.89. The van der Waals surface area contributed by atoms with Gasteiger partial charge in [-0.2, -0.15) is 0 Å². The molecule has 192 valence electrons. The number of nitrogens with one attached hydrogen (secondary N) is 3. The Labute approximate surface area is 214 Å². The van der Waals surface area contributed by atoms with E-state index in [0.29, 0.717) is 54.7 Å². The van der Waals surface area contributed by atoms with Crippen molar-refractivity contribution in [2.45, 2.75) is 0 Å².